The molecule has 68 heavy (non-hydrogen) atoms. The Morgan fingerprint density at radius 1 is 0.235 bits per heavy atom. The molecule has 0 radical (unpaired) electrons. The maximum atomic E-state index is 6.30. The molecule has 318 valence electrons. The second-order valence-corrected chi connectivity index (χ2v) is 17.7. The standard InChI is InChI=1S/C66H43NO/c1-4-12-59-48(9-1)21-23-53-41-51(31-39-62(53)59)46-27-35-57(36-28-46)67(58-37-29-47(30-38-58)52-32-40-63-54(42-52)24-22-49-10-2-5-13-60(49)63)56-33-25-45(26-34-56)44-17-19-50(20-18-44)61-14-6-7-15-64(61)66-43-55-11-3-8-16-65(55)68-66/h1-43H. The fraction of sp³-hybridized carbons (Fsp3) is 0. The van der Waals surface area contributed by atoms with Gasteiger partial charge in [0.15, 0.2) is 0 Å². The van der Waals surface area contributed by atoms with E-state index in [0.29, 0.717) is 0 Å². The van der Waals surface area contributed by atoms with Gasteiger partial charge in [0.25, 0.3) is 0 Å². The number of nitrogens with zero attached hydrogens (tertiary/aromatic N) is 1. The van der Waals surface area contributed by atoms with Gasteiger partial charge in [-0.15, -0.1) is 0 Å². The number of hydrogen-bond acceptors (Lipinski definition) is 2. The summed E-state index contributed by atoms with van der Waals surface area (Å²) in [6.45, 7) is 0. The molecule has 0 atom stereocenters. The van der Waals surface area contributed by atoms with Gasteiger partial charge in [-0.3, -0.25) is 0 Å². The summed E-state index contributed by atoms with van der Waals surface area (Å²) >= 11 is 0. The second-order valence-electron chi connectivity index (χ2n) is 17.7. The van der Waals surface area contributed by atoms with Crippen molar-refractivity contribution in [1.82, 2.24) is 0 Å². The topological polar surface area (TPSA) is 16.4 Å². The van der Waals surface area contributed by atoms with Gasteiger partial charge in [0.2, 0.25) is 0 Å². The Morgan fingerprint density at radius 2 is 0.603 bits per heavy atom. The van der Waals surface area contributed by atoms with Crippen LogP contribution < -0.4 is 4.90 Å². The zero-order valence-electron chi connectivity index (χ0n) is 37.2. The van der Waals surface area contributed by atoms with Crippen LogP contribution in [0.3, 0.4) is 0 Å². The zero-order chi connectivity index (χ0) is 45.0. The highest BCUT2D eigenvalue weighted by Gasteiger charge is 2.16. The van der Waals surface area contributed by atoms with Gasteiger partial charge >= 0.3 is 0 Å². The molecule has 2 heteroatoms. The minimum absolute atomic E-state index is 0.875. The number of para-hydroxylation sites is 1. The van der Waals surface area contributed by atoms with E-state index in [-0.39, 0.29) is 0 Å². The third-order valence-corrected chi connectivity index (χ3v) is 13.7. The van der Waals surface area contributed by atoms with Gasteiger partial charge in [-0.1, -0.05) is 200 Å². The molecular formula is C66H43NO. The molecule has 0 saturated heterocycles. The van der Waals surface area contributed by atoms with Gasteiger partial charge in [0.1, 0.15) is 11.3 Å². The summed E-state index contributed by atoms with van der Waals surface area (Å²) in [4.78, 5) is 2.36. The summed E-state index contributed by atoms with van der Waals surface area (Å²) in [7, 11) is 0. The van der Waals surface area contributed by atoms with Crippen LogP contribution in [0, 0.1) is 0 Å². The molecule has 2 nitrogen and oxygen atoms in total. The molecule has 0 aliphatic rings. The molecule has 12 aromatic carbocycles. The van der Waals surface area contributed by atoms with Crippen LogP contribution in [-0.2, 0) is 0 Å². The highest BCUT2D eigenvalue weighted by molar-refractivity contribution is 6.09. The van der Waals surface area contributed by atoms with Crippen molar-refractivity contribution in [3.63, 3.8) is 0 Å². The van der Waals surface area contributed by atoms with Crippen molar-refractivity contribution in [2.24, 2.45) is 0 Å². The van der Waals surface area contributed by atoms with E-state index in [1.807, 2.05) is 18.2 Å². The Kier molecular flexibility index (Phi) is 9.54. The van der Waals surface area contributed by atoms with E-state index in [1.54, 1.807) is 0 Å². The van der Waals surface area contributed by atoms with E-state index in [2.05, 4.69) is 248 Å². The molecule has 0 spiro atoms. The molecule has 0 saturated carbocycles. The van der Waals surface area contributed by atoms with Crippen LogP contribution >= 0.6 is 0 Å². The van der Waals surface area contributed by atoms with Gasteiger partial charge in [0, 0.05) is 28.0 Å². The molecule has 0 fully saturated rings. The van der Waals surface area contributed by atoms with Crippen molar-refractivity contribution in [1.29, 1.82) is 0 Å². The first-order valence-corrected chi connectivity index (χ1v) is 23.3. The average molecular weight is 866 g/mol. The molecule has 0 N–H and O–H groups in total. The summed E-state index contributed by atoms with van der Waals surface area (Å²) in [5.74, 6) is 0.875. The fourth-order valence-corrected chi connectivity index (χ4v) is 10.1. The van der Waals surface area contributed by atoms with Gasteiger partial charge < -0.3 is 9.32 Å². The minimum Gasteiger partial charge on any atom is -0.456 e. The lowest BCUT2D eigenvalue weighted by atomic mass is 9.95. The Morgan fingerprint density at radius 3 is 1.12 bits per heavy atom. The molecule has 1 heterocycles. The van der Waals surface area contributed by atoms with Crippen molar-refractivity contribution >= 4 is 71.1 Å². The molecule has 13 aromatic rings. The maximum Gasteiger partial charge on any atom is 0.136 e. The van der Waals surface area contributed by atoms with E-state index in [9.17, 15) is 0 Å². The predicted octanol–water partition coefficient (Wildman–Crippen LogP) is 18.9. The molecule has 13 rings (SSSR count). The highest BCUT2D eigenvalue weighted by atomic mass is 16.3. The lowest BCUT2D eigenvalue weighted by Crippen LogP contribution is -2.09. The molecule has 0 bridgehead atoms. The molecule has 0 aliphatic carbocycles. The summed E-state index contributed by atoms with van der Waals surface area (Å²) in [6.07, 6.45) is 0. The van der Waals surface area contributed by atoms with Crippen molar-refractivity contribution in [2.75, 3.05) is 4.90 Å². The summed E-state index contributed by atoms with van der Waals surface area (Å²) in [5.41, 5.74) is 14.6. The smallest absolute Gasteiger partial charge is 0.136 e. The lowest BCUT2D eigenvalue weighted by Gasteiger charge is -2.26. The molecule has 0 aliphatic heterocycles. The fourth-order valence-electron chi connectivity index (χ4n) is 10.1. The van der Waals surface area contributed by atoms with Crippen molar-refractivity contribution < 1.29 is 4.42 Å². The Hall–Kier alpha value is -8.98. The lowest BCUT2D eigenvalue weighted by molar-refractivity contribution is 0.632. The van der Waals surface area contributed by atoms with E-state index >= 15 is 0 Å². The molecule has 0 unspecified atom stereocenters. The van der Waals surface area contributed by atoms with E-state index in [0.717, 1.165) is 61.6 Å². The Balaban J connectivity index is 0.830. The summed E-state index contributed by atoms with van der Waals surface area (Å²) in [6, 6.07) is 94.4. The number of furan rings is 1. The van der Waals surface area contributed by atoms with Crippen LogP contribution in [0.15, 0.2) is 265 Å². The largest absolute Gasteiger partial charge is 0.456 e. The van der Waals surface area contributed by atoms with E-state index in [4.69, 9.17) is 4.42 Å². The zero-order valence-corrected chi connectivity index (χ0v) is 37.2. The number of hydrogen-bond donors (Lipinski definition) is 0. The van der Waals surface area contributed by atoms with Crippen LogP contribution in [0.5, 0.6) is 0 Å². The highest BCUT2D eigenvalue weighted by Crippen LogP contribution is 2.40. The SMILES string of the molecule is c1ccc(-c2cc3ccccc3o2)c(-c2ccc(-c3ccc(N(c4ccc(-c5ccc6c(ccc7ccccc76)c5)cc4)c4ccc(-c5ccc6c(ccc7ccccc76)c5)cc4)cc3)cc2)c1. The number of fused-ring (bicyclic) bond motifs is 7. The van der Waals surface area contributed by atoms with Crippen molar-refractivity contribution in [3.05, 3.63) is 261 Å². The van der Waals surface area contributed by atoms with Crippen molar-refractivity contribution in [3.8, 4) is 55.8 Å². The summed E-state index contributed by atoms with van der Waals surface area (Å²) in [5, 5.41) is 11.2. The van der Waals surface area contributed by atoms with E-state index < -0.39 is 0 Å². The quantitative estimate of drug-likeness (QED) is 0.142. The minimum atomic E-state index is 0.875. The number of anilines is 3. The Labute approximate surface area is 395 Å². The molecule has 1 aromatic heterocycles. The van der Waals surface area contributed by atoms with Gasteiger partial charge in [-0.25, -0.2) is 0 Å². The first-order valence-electron chi connectivity index (χ1n) is 23.3. The van der Waals surface area contributed by atoms with Crippen LogP contribution in [0.2, 0.25) is 0 Å². The first kappa shape index (κ1) is 39.4. The third-order valence-electron chi connectivity index (χ3n) is 13.7. The average Bonchev–Trinajstić information content (AvgIpc) is 3.86. The first-order chi connectivity index (χ1) is 33.7. The predicted molar refractivity (Wildman–Crippen MR) is 288 cm³/mol. The monoisotopic (exact) mass is 865 g/mol. The van der Waals surface area contributed by atoms with E-state index in [1.165, 1.54) is 65.3 Å². The molecule has 0 amide bonds. The Bertz CT molecular complexity index is 3800. The van der Waals surface area contributed by atoms with Gasteiger partial charge in [0.05, 0.1) is 0 Å². The van der Waals surface area contributed by atoms with Crippen LogP contribution in [-0.4, -0.2) is 0 Å². The third kappa shape index (κ3) is 7.08. The van der Waals surface area contributed by atoms with Crippen LogP contribution in [0.4, 0.5) is 17.1 Å². The normalized spacial score (nSPS) is 11.5. The maximum absolute atomic E-state index is 6.30. The second kappa shape index (κ2) is 16.5. The van der Waals surface area contributed by atoms with Gasteiger partial charge in [-0.05, 0) is 148 Å². The van der Waals surface area contributed by atoms with Gasteiger partial charge in [-0.2, -0.15) is 0 Å². The van der Waals surface area contributed by atoms with Crippen LogP contribution in [0.1, 0.15) is 0 Å². The summed E-state index contributed by atoms with van der Waals surface area (Å²) < 4.78 is 6.30. The van der Waals surface area contributed by atoms with Crippen molar-refractivity contribution in [2.45, 2.75) is 0 Å². The molecular weight excluding hydrogens is 823 g/mol. The van der Waals surface area contributed by atoms with Crippen LogP contribution in [0.25, 0.3) is 110 Å². The number of benzene rings is 12. The number of rotatable bonds is 8.